The van der Waals surface area contributed by atoms with Gasteiger partial charge < -0.3 is 10.4 Å². The summed E-state index contributed by atoms with van der Waals surface area (Å²) in [6, 6.07) is -0.105. The second-order valence-corrected chi connectivity index (χ2v) is 5.40. The van der Waals surface area contributed by atoms with Gasteiger partial charge in [0.15, 0.2) is 0 Å². The number of aliphatic hydroxyl groups excluding tert-OH is 1. The lowest BCUT2D eigenvalue weighted by molar-refractivity contribution is -0.153. The lowest BCUT2D eigenvalue weighted by atomic mass is 9.78. The molecule has 0 aliphatic heterocycles. The quantitative estimate of drug-likeness (QED) is 0.783. The van der Waals surface area contributed by atoms with E-state index in [9.17, 15) is 18.3 Å². The van der Waals surface area contributed by atoms with Gasteiger partial charge in [0.1, 0.15) is 0 Å². The third-order valence-corrected chi connectivity index (χ3v) is 3.98. The Morgan fingerprint density at radius 1 is 1.37 bits per heavy atom. The van der Waals surface area contributed by atoms with Crippen molar-refractivity contribution in [2.24, 2.45) is 0 Å². The highest BCUT2D eigenvalue weighted by Gasteiger charge is 2.40. The number of alkyl halides is 3. The van der Waals surface area contributed by atoms with Crippen LogP contribution in [0.25, 0.3) is 0 Å². The zero-order chi connectivity index (χ0) is 14.5. The first-order valence-corrected chi connectivity index (χ1v) is 7.02. The molecule has 2 atom stereocenters. The summed E-state index contributed by atoms with van der Waals surface area (Å²) in [6.45, 7) is 3.95. The Hall–Kier alpha value is -0.330. The van der Waals surface area contributed by atoms with Gasteiger partial charge in [0.05, 0.1) is 13.2 Å². The van der Waals surface area contributed by atoms with Crippen LogP contribution in [0.15, 0.2) is 0 Å². The van der Waals surface area contributed by atoms with Crippen LogP contribution in [0.2, 0.25) is 0 Å². The summed E-state index contributed by atoms with van der Waals surface area (Å²) in [5.41, 5.74) is -0.406. The van der Waals surface area contributed by atoms with Crippen molar-refractivity contribution >= 4 is 0 Å². The van der Waals surface area contributed by atoms with E-state index in [1.807, 2.05) is 6.92 Å². The summed E-state index contributed by atoms with van der Waals surface area (Å²) in [6.07, 6.45) is -1.12. The second-order valence-electron chi connectivity index (χ2n) is 5.40. The zero-order valence-corrected chi connectivity index (χ0v) is 11.8. The molecule has 114 valence electrons. The average Bonchev–Trinajstić information content (AvgIpc) is 2.35. The highest BCUT2D eigenvalue weighted by atomic mass is 19.4. The van der Waals surface area contributed by atoms with E-state index in [1.165, 1.54) is 4.90 Å². The molecule has 6 heteroatoms. The maximum atomic E-state index is 12.6. The third kappa shape index (κ3) is 4.93. The summed E-state index contributed by atoms with van der Waals surface area (Å²) < 4.78 is 37.7. The largest absolute Gasteiger partial charge is 0.401 e. The molecule has 1 saturated carbocycles. The molecule has 0 aromatic heterocycles. The smallest absolute Gasteiger partial charge is 0.394 e. The minimum atomic E-state index is -4.16. The molecule has 1 aliphatic rings. The number of likely N-dealkylation sites (N-methyl/N-ethyl adjacent to an activating group) is 1. The van der Waals surface area contributed by atoms with E-state index in [2.05, 4.69) is 5.32 Å². The first-order valence-electron chi connectivity index (χ1n) is 7.02. The lowest BCUT2D eigenvalue weighted by Crippen LogP contribution is -2.56. The predicted octanol–water partition coefficient (Wildman–Crippen LogP) is 2.15. The summed E-state index contributed by atoms with van der Waals surface area (Å²) in [7, 11) is 0. The number of hydrogen-bond donors (Lipinski definition) is 2. The van der Waals surface area contributed by atoms with Crippen molar-refractivity contribution in [1.82, 2.24) is 10.2 Å². The fourth-order valence-corrected chi connectivity index (χ4v) is 3.11. The van der Waals surface area contributed by atoms with Crippen LogP contribution in [0, 0.1) is 0 Å². The van der Waals surface area contributed by atoms with Crippen molar-refractivity contribution in [2.75, 3.05) is 26.2 Å². The molecule has 0 spiro atoms. The molecule has 0 aromatic carbocycles. The van der Waals surface area contributed by atoms with Crippen LogP contribution in [0.3, 0.4) is 0 Å². The van der Waals surface area contributed by atoms with Gasteiger partial charge in [-0.15, -0.1) is 0 Å². The van der Waals surface area contributed by atoms with Gasteiger partial charge in [0.2, 0.25) is 0 Å². The number of hydrogen-bond acceptors (Lipinski definition) is 3. The molecule has 1 rings (SSSR count). The summed E-state index contributed by atoms with van der Waals surface area (Å²) in [5, 5.41) is 12.8. The predicted molar refractivity (Wildman–Crippen MR) is 69.1 cm³/mol. The van der Waals surface area contributed by atoms with Crippen LogP contribution < -0.4 is 5.32 Å². The molecular weight excluding hydrogens is 257 g/mol. The van der Waals surface area contributed by atoms with E-state index in [1.54, 1.807) is 6.92 Å². The maximum Gasteiger partial charge on any atom is 0.401 e. The van der Waals surface area contributed by atoms with Gasteiger partial charge >= 0.3 is 6.18 Å². The topological polar surface area (TPSA) is 35.5 Å². The Morgan fingerprint density at radius 3 is 2.53 bits per heavy atom. The maximum absolute atomic E-state index is 12.6. The van der Waals surface area contributed by atoms with Crippen LogP contribution in [-0.2, 0) is 0 Å². The molecule has 2 N–H and O–H groups in total. The number of halogens is 3. The first-order chi connectivity index (χ1) is 8.86. The first kappa shape index (κ1) is 16.7. The van der Waals surface area contributed by atoms with E-state index in [-0.39, 0.29) is 12.6 Å². The Morgan fingerprint density at radius 2 is 2.05 bits per heavy atom. The van der Waals surface area contributed by atoms with E-state index in [0.717, 1.165) is 25.8 Å². The Bertz CT molecular complexity index is 269. The van der Waals surface area contributed by atoms with E-state index >= 15 is 0 Å². The molecule has 0 aromatic rings. The number of nitrogens with zero attached hydrogens (tertiary/aromatic N) is 1. The Labute approximate surface area is 113 Å². The number of rotatable bonds is 6. The standard InChI is InChI=1S/C13H25F3N2O/c1-3-17-12(10-19)7-5-6-11(8-12)18(4-2)9-13(14,15)16/h11,17,19H,3-10H2,1-2H3. The highest BCUT2D eigenvalue weighted by Crippen LogP contribution is 2.32. The SMILES string of the molecule is CCNC1(CO)CCCC(N(CC)CC(F)(F)F)C1. The van der Waals surface area contributed by atoms with Crippen molar-refractivity contribution in [1.29, 1.82) is 0 Å². The second kappa shape index (κ2) is 6.90. The van der Waals surface area contributed by atoms with Crippen molar-refractivity contribution in [3.8, 4) is 0 Å². The molecule has 0 saturated heterocycles. The van der Waals surface area contributed by atoms with Crippen LogP contribution >= 0.6 is 0 Å². The van der Waals surface area contributed by atoms with Gasteiger partial charge in [-0.1, -0.05) is 13.8 Å². The van der Waals surface area contributed by atoms with Crippen molar-refractivity contribution < 1.29 is 18.3 Å². The molecule has 0 bridgehead atoms. The minimum absolute atomic E-state index is 0.0130. The molecule has 1 fully saturated rings. The lowest BCUT2D eigenvalue weighted by Gasteiger charge is -2.44. The van der Waals surface area contributed by atoms with E-state index in [4.69, 9.17) is 0 Å². The molecule has 3 nitrogen and oxygen atoms in total. The van der Waals surface area contributed by atoms with Crippen molar-refractivity contribution in [3.63, 3.8) is 0 Å². The van der Waals surface area contributed by atoms with Crippen molar-refractivity contribution in [3.05, 3.63) is 0 Å². The molecule has 1 aliphatic carbocycles. The molecule has 0 heterocycles. The van der Waals surface area contributed by atoms with Crippen LogP contribution in [-0.4, -0.2) is 54.0 Å². The Balaban J connectivity index is 2.70. The molecule has 19 heavy (non-hydrogen) atoms. The van der Waals surface area contributed by atoms with Crippen LogP contribution in [0.1, 0.15) is 39.5 Å². The van der Waals surface area contributed by atoms with E-state index < -0.39 is 18.3 Å². The fourth-order valence-electron chi connectivity index (χ4n) is 3.11. The minimum Gasteiger partial charge on any atom is -0.394 e. The van der Waals surface area contributed by atoms with Gasteiger partial charge in [-0.3, -0.25) is 4.90 Å². The zero-order valence-electron chi connectivity index (χ0n) is 11.8. The monoisotopic (exact) mass is 282 g/mol. The molecular formula is C13H25F3N2O. The van der Waals surface area contributed by atoms with Gasteiger partial charge in [-0.2, -0.15) is 13.2 Å². The fraction of sp³-hybridized carbons (Fsp3) is 1.00. The third-order valence-electron chi connectivity index (χ3n) is 3.98. The van der Waals surface area contributed by atoms with Gasteiger partial charge in [0, 0.05) is 11.6 Å². The normalized spacial score (nSPS) is 28.9. The van der Waals surface area contributed by atoms with Crippen LogP contribution in [0.5, 0.6) is 0 Å². The van der Waals surface area contributed by atoms with E-state index in [0.29, 0.717) is 13.0 Å². The molecule has 0 amide bonds. The summed E-state index contributed by atoms with van der Waals surface area (Å²) in [4.78, 5) is 1.49. The number of nitrogens with one attached hydrogen (secondary N) is 1. The highest BCUT2D eigenvalue weighted by molar-refractivity contribution is 4.96. The Kier molecular flexibility index (Phi) is 6.08. The summed E-state index contributed by atoms with van der Waals surface area (Å²) in [5.74, 6) is 0. The summed E-state index contributed by atoms with van der Waals surface area (Å²) >= 11 is 0. The molecule has 0 radical (unpaired) electrons. The molecule has 2 unspecified atom stereocenters. The average molecular weight is 282 g/mol. The van der Waals surface area contributed by atoms with Crippen LogP contribution in [0.4, 0.5) is 13.2 Å². The van der Waals surface area contributed by atoms with Gasteiger partial charge in [0.25, 0.3) is 0 Å². The van der Waals surface area contributed by atoms with Crippen molar-refractivity contribution in [2.45, 2.75) is 57.3 Å². The number of aliphatic hydroxyl groups is 1. The van der Waals surface area contributed by atoms with Gasteiger partial charge in [-0.05, 0) is 38.8 Å². The van der Waals surface area contributed by atoms with Gasteiger partial charge in [-0.25, -0.2) is 0 Å².